The quantitative estimate of drug-likeness (QED) is 0.396. The summed E-state index contributed by atoms with van der Waals surface area (Å²) in [6.07, 6.45) is 4.67. The molecule has 2 unspecified atom stereocenters. The molecule has 2 aliphatic heterocycles. The maximum Gasteiger partial charge on any atom is 0.410 e. The first-order chi connectivity index (χ1) is 18.2. The van der Waals surface area contributed by atoms with Gasteiger partial charge in [0, 0.05) is 24.5 Å². The average Bonchev–Trinajstić information content (AvgIpc) is 3.34. The second-order valence-corrected chi connectivity index (χ2v) is 12.4. The Morgan fingerprint density at radius 2 is 1.00 bits per heavy atom. The Kier molecular flexibility index (Phi) is 9.75. The van der Waals surface area contributed by atoms with Crippen molar-refractivity contribution in [2.24, 2.45) is 0 Å². The summed E-state index contributed by atoms with van der Waals surface area (Å²) in [7, 11) is 0. The molecule has 2 amide bonds. The van der Waals surface area contributed by atoms with Crippen LogP contribution in [0.5, 0.6) is 0 Å². The van der Waals surface area contributed by atoms with Gasteiger partial charge in [-0.15, -0.1) is 0 Å². The zero-order chi connectivity index (χ0) is 28.8. The molecule has 4 rings (SSSR count). The molecule has 0 radical (unpaired) electrons. The second kappa shape index (κ2) is 12.6. The van der Waals surface area contributed by atoms with Crippen LogP contribution in [0.25, 0.3) is 0 Å². The van der Waals surface area contributed by atoms with Gasteiger partial charge < -0.3 is 30.7 Å². The van der Waals surface area contributed by atoms with Gasteiger partial charge in [0.15, 0.2) is 0 Å². The van der Waals surface area contributed by atoms with Crippen molar-refractivity contribution >= 4 is 23.6 Å². The molecule has 0 saturated carbocycles. The predicted octanol–water partition coefficient (Wildman–Crippen LogP) is 7.07. The Bertz CT molecular complexity index is 1090. The molecule has 2 atom stereocenters. The number of benzene rings is 2. The smallest absolute Gasteiger partial charge is 0.410 e. The maximum atomic E-state index is 12.3. The zero-order valence-corrected chi connectivity index (χ0v) is 24.4. The number of likely N-dealkylation sites (tertiary alicyclic amines) is 2. The summed E-state index contributed by atoms with van der Waals surface area (Å²) in [6.45, 7) is 12.9. The molecule has 8 nitrogen and oxygen atoms in total. The molecule has 0 spiro atoms. The van der Waals surface area contributed by atoms with Crippen LogP contribution in [-0.2, 0) is 9.47 Å². The normalized spacial score (nSPS) is 19.6. The molecule has 2 aromatic rings. The van der Waals surface area contributed by atoms with Gasteiger partial charge in [-0.05, 0) is 109 Å². The van der Waals surface area contributed by atoms with Crippen LogP contribution in [0.2, 0.25) is 0 Å². The third kappa shape index (κ3) is 9.08. The van der Waals surface area contributed by atoms with Crippen LogP contribution in [0.4, 0.5) is 21.0 Å². The molecule has 2 aliphatic rings. The van der Waals surface area contributed by atoms with E-state index in [1.54, 1.807) is 0 Å². The number of amides is 2. The standard InChI is InChI=1S/C16H24N2O2.C15H22N2O2/c1-16(2,3)20-15(19)18-11-5-4-6-14(18)12-7-9-13(17)10-8-12;1-15(2,3)19-14(18)17-10-4-5-13(17)11-6-8-12(16)9-7-11/h7-10,14H,4-6,11,17H2,1-3H3;6-9,13H,4-5,10,16H2,1-3H3. The van der Waals surface area contributed by atoms with Gasteiger partial charge in [0.1, 0.15) is 11.2 Å². The maximum absolute atomic E-state index is 12.3. The SMILES string of the molecule is CC(C)(C)OC(=O)N1CCCC1c1ccc(N)cc1.CC(C)(C)OC(=O)N1CCCCC1c1ccc(N)cc1. The largest absolute Gasteiger partial charge is 0.444 e. The van der Waals surface area contributed by atoms with Gasteiger partial charge in [0.25, 0.3) is 0 Å². The molecular formula is C31H46N4O4. The molecule has 2 saturated heterocycles. The van der Waals surface area contributed by atoms with E-state index in [1.807, 2.05) is 99.9 Å². The first-order valence-electron chi connectivity index (χ1n) is 13.9. The molecule has 0 aromatic heterocycles. The molecule has 0 bridgehead atoms. The van der Waals surface area contributed by atoms with Gasteiger partial charge >= 0.3 is 12.2 Å². The van der Waals surface area contributed by atoms with E-state index in [0.29, 0.717) is 0 Å². The van der Waals surface area contributed by atoms with Crippen molar-refractivity contribution in [1.29, 1.82) is 0 Å². The third-order valence-electron chi connectivity index (χ3n) is 6.65. The number of carbonyl (C=O) groups is 2. The Labute approximate surface area is 233 Å². The van der Waals surface area contributed by atoms with Crippen molar-refractivity contribution in [3.8, 4) is 0 Å². The van der Waals surface area contributed by atoms with E-state index in [1.165, 1.54) is 0 Å². The van der Waals surface area contributed by atoms with E-state index in [0.717, 1.165) is 67.7 Å². The number of nitrogens with zero attached hydrogens (tertiary/aromatic N) is 2. The number of rotatable bonds is 2. The van der Waals surface area contributed by atoms with E-state index in [4.69, 9.17) is 20.9 Å². The van der Waals surface area contributed by atoms with Gasteiger partial charge in [0.05, 0.1) is 12.1 Å². The lowest BCUT2D eigenvalue weighted by atomic mass is 9.95. The summed E-state index contributed by atoms with van der Waals surface area (Å²) >= 11 is 0. The van der Waals surface area contributed by atoms with Gasteiger partial charge in [-0.1, -0.05) is 24.3 Å². The molecule has 39 heavy (non-hydrogen) atoms. The summed E-state index contributed by atoms with van der Waals surface area (Å²) in [5.41, 5.74) is 14.3. The number of piperidine rings is 1. The average molecular weight is 539 g/mol. The lowest BCUT2D eigenvalue weighted by Gasteiger charge is -2.37. The van der Waals surface area contributed by atoms with Crippen molar-refractivity contribution in [1.82, 2.24) is 9.80 Å². The number of carbonyl (C=O) groups excluding carboxylic acids is 2. The number of hydrogen-bond donors (Lipinski definition) is 2. The molecule has 2 fully saturated rings. The highest BCUT2D eigenvalue weighted by Crippen LogP contribution is 2.34. The first-order valence-corrected chi connectivity index (χ1v) is 13.9. The number of hydrogen-bond acceptors (Lipinski definition) is 6. The zero-order valence-electron chi connectivity index (χ0n) is 24.4. The lowest BCUT2D eigenvalue weighted by molar-refractivity contribution is 0.00943. The highest BCUT2D eigenvalue weighted by Gasteiger charge is 2.33. The number of anilines is 2. The van der Waals surface area contributed by atoms with Crippen LogP contribution in [0, 0.1) is 0 Å². The van der Waals surface area contributed by atoms with Gasteiger partial charge in [-0.3, -0.25) is 0 Å². The van der Waals surface area contributed by atoms with E-state index in [9.17, 15) is 9.59 Å². The summed E-state index contributed by atoms with van der Waals surface area (Å²) in [5, 5.41) is 0. The molecule has 2 heterocycles. The first kappa shape index (κ1) is 30.1. The topological polar surface area (TPSA) is 111 Å². The number of ether oxygens (including phenoxy) is 2. The van der Waals surface area contributed by atoms with Crippen molar-refractivity contribution in [2.75, 3.05) is 24.6 Å². The molecule has 2 aromatic carbocycles. The van der Waals surface area contributed by atoms with Gasteiger partial charge in [-0.25, -0.2) is 9.59 Å². The summed E-state index contributed by atoms with van der Waals surface area (Å²) in [4.78, 5) is 28.2. The number of nitrogen functional groups attached to an aromatic ring is 2. The van der Waals surface area contributed by atoms with Crippen molar-refractivity contribution < 1.29 is 19.1 Å². The van der Waals surface area contributed by atoms with Crippen LogP contribution in [0.3, 0.4) is 0 Å². The fourth-order valence-electron chi connectivity index (χ4n) is 4.91. The Morgan fingerprint density at radius 1 is 0.641 bits per heavy atom. The second-order valence-electron chi connectivity index (χ2n) is 12.4. The fraction of sp³-hybridized carbons (Fsp3) is 0.548. The summed E-state index contributed by atoms with van der Waals surface area (Å²) in [5.74, 6) is 0. The van der Waals surface area contributed by atoms with Crippen LogP contribution in [-0.4, -0.2) is 46.3 Å². The minimum atomic E-state index is -0.458. The minimum absolute atomic E-state index is 0.0965. The van der Waals surface area contributed by atoms with E-state index in [-0.39, 0.29) is 24.3 Å². The summed E-state index contributed by atoms with van der Waals surface area (Å²) in [6, 6.07) is 15.7. The van der Waals surface area contributed by atoms with E-state index >= 15 is 0 Å². The van der Waals surface area contributed by atoms with Gasteiger partial charge in [-0.2, -0.15) is 0 Å². The fourth-order valence-corrected chi connectivity index (χ4v) is 4.91. The minimum Gasteiger partial charge on any atom is -0.444 e. The van der Waals surface area contributed by atoms with Crippen molar-refractivity contribution in [3.63, 3.8) is 0 Å². The van der Waals surface area contributed by atoms with E-state index in [2.05, 4.69) is 0 Å². The van der Waals surface area contributed by atoms with Crippen LogP contribution in [0.1, 0.15) is 96.9 Å². The molecule has 8 heteroatoms. The third-order valence-corrected chi connectivity index (χ3v) is 6.65. The predicted molar refractivity (Wildman–Crippen MR) is 156 cm³/mol. The Balaban J connectivity index is 0.000000216. The highest BCUT2D eigenvalue weighted by atomic mass is 16.6. The number of nitrogens with two attached hydrogens (primary N) is 2. The van der Waals surface area contributed by atoms with Crippen LogP contribution >= 0.6 is 0 Å². The summed E-state index contributed by atoms with van der Waals surface area (Å²) < 4.78 is 11.0. The lowest BCUT2D eigenvalue weighted by Crippen LogP contribution is -2.41. The molecule has 4 N–H and O–H groups in total. The van der Waals surface area contributed by atoms with Crippen molar-refractivity contribution in [2.45, 2.75) is 96.9 Å². The van der Waals surface area contributed by atoms with Crippen LogP contribution < -0.4 is 11.5 Å². The molecule has 214 valence electrons. The molecule has 0 aliphatic carbocycles. The van der Waals surface area contributed by atoms with Crippen LogP contribution in [0.15, 0.2) is 48.5 Å². The highest BCUT2D eigenvalue weighted by molar-refractivity contribution is 5.69. The van der Waals surface area contributed by atoms with Crippen molar-refractivity contribution in [3.05, 3.63) is 59.7 Å². The monoisotopic (exact) mass is 538 g/mol. The van der Waals surface area contributed by atoms with Gasteiger partial charge in [0.2, 0.25) is 0 Å². The Morgan fingerprint density at radius 3 is 1.38 bits per heavy atom. The van der Waals surface area contributed by atoms with E-state index < -0.39 is 11.2 Å². The molecular weight excluding hydrogens is 492 g/mol. The Hall–Kier alpha value is -3.42.